The number of aliphatic hydroxyl groups is 1. The Labute approximate surface area is 106 Å². The second-order valence-corrected chi connectivity index (χ2v) is 5.09. The number of carboxylic acid groups (broad SMARTS) is 1. The number of likely N-dealkylation sites (tertiary alicyclic amines) is 2. The van der Waals surface area contributed by atoms with Crippen LogP contribution in [0.15, 0.2) is 0 Å². The van der Waals surface area contributed by atoms with Crippen molar-refractivity contribution >= 4 is 11.9 Å². The molecule has 2 atom stereocenters. The molecular weight excluding hydrogens is 236 g/mol. The number of aliphatic hydroxyl groups excluding tert-OH is 1. The summed E-state index contributed by atoms with van der Waals surface area (Å²) in [5.74, 6) is -1.19. The Morgan fingerprint density at radius 2 is 1.89 bits per heavy atom. The lowest BCUT2D eigenvalue weighted by molar-refractivity contribution is -0.148. The van der Waals surface area contributed by atoms with Crippen LogP contribution in [0.5, 0.6) is 0 Å². The number of nitrogens with zero attached hydrogens (tertiary/aromatic N) is 2. The van der Waals surface area contributed by atoms with Crippen LogP contribution in [-0.2, 0) is 9.59 Å². The van der Waals surface area contributed by atoms with E-state index in [9.17, 15) is 14.7 Å². The zero-order chi connectivity index (χ0) is 13.1. The number of carbonyl (C=O) groups excluding carboxylic acids is 1. The van der Waals surface area contributed by atoms with Gasteiger partial charge in [0.15, 0.2) is 0 Å². The summed E-state index contributed by atoms with van der Waals surface area (Å²) in [6, 6.07) is -0.855. The summed E-state index contributed by atoms with van der Waals surface area (Å²) in [7, 11) is 0. The first-order valence-corrected chi connectivity index (χ1v) is 6.50. The van der Waals surface area contributed by atoms with Crippen molar-refractivity contribution in [2.75, 3.05) is 26.2 Å². The van der Waals surface area contributed by atoms with Gasteiger partial charge < -0.3 is 20.0 Å². The SMILES string of the molecule is O=C(O)[C@H]1C[C@@H](O)CN1C(=O)CCN1CCCC1. The first-order valence-electron chi connectivity index (χ1n) is 6.50. The standard InChI is InChI=1S/C12H20N2O4/c15-9-7-10(12(17)18)14(8-9)11(16)3-6-13-4-1-2-5-13/h9-10,15H,1-8H2,(H,17,18)/t9-,10-/m1/s1. The maximum atomic E-state index is 12.0. The monoisotopic (exact) mass is 256 g/mol. The highest BCUT2D eigenvalue weighted by Crippen LogP contribution is 2.19. The van der Waals surface area contributed by atoms with Crippen LogP contribution < -0.4 is 0 Å². The van der Waals surface area contributed by atoms with E-state index in [-0.39, 0.29) is 18.9 Å². The highest BCUT2D eigenvalue weighted by molar-refractivity contribution is 5.84. The van der Waals surface area contributed by atoms with E-state index in [0.717, 1.165) is 13.1 Å². The average Bonchev–Trinajstić information content (AvgIpc) is 2.94. The van der Waals surface area contributed by atoms with Gasteiger partial charge in [0.25, 0.3) is 0 Å². The van der Waals surface area contributed by atoms with E-state index in [0.29, 0.717) is 13.0 Å². The van der Waals surface area contributed by atoms with Gasteiger partial charge in [-0.1, -0.05) is 0 Å². The third-order valence-electron chi connectivity index (χ3n) is 3.72. The summed E-state index contributed by atoms with van der Waals surface area (Å²) in [5.41, 5.74) is 0. The van der Waals surface area contributed by atoms with Crippen LogP contribution in [0.4, 0.5) is 0 Å². The van der Waals surface area contributed by atoms with E-state index in [1.54, 1.807) is 0 Å². The number of hydrogen-bond donors (Lipinski definition) is 2. The molecule has 102 valence electrons. The fourth-order valence-corrected chi connectivity index (χ4v) is 2.73. The number of β-amino-alcohol motifs (C(OH)–C–C–N with tert-alkyl or cyclic N) is 1. The van der Waals surface area contributed by atoms with Gasteiger partial charge in [-0.05, 0) is 25.9 Å². The summed E-state index contributed by atoms with van der Waals surface area (Å²) in [6.07, 6.45) is 2.13. The van der Waals surface area contributed by atoms with Crippen molar-refractivity contribution in [2.45, 2.75) is 37.8 Å². The van der Waals surface area contributed by atoms with Crippen LogP contribution in [-0.4, -0.2) is 70.2 Å². The maximum Gasteiger partial charge on any atom is 0.326 e. The second-order valence-electron chi connectivity index (χ2n) is 5.09. The number of carboxylic acids is 1. The van der Waals surface area contributed by atoms with E-state index in [1.165, 1.54) is 17.7 Å². The average molecular weight is 256 g/mol. The Morgan fingerprint density at radius 1 is 1.22 bits per heavy atom. The van der Waals surface area contributed by atoms with Gasteiger partial charge in [0.05, 0.1) is 6.10 Å². The Kier molecular flexibility index (Phi) is 4.19. The molecule has 6 nitrogen and oxygen atoms in total. The highest BCUT2D eigenvalue weighted by Gasteiger charge is 2.38. The topological polar surface area (TPSA) is 81.1 Å². The van der Waals surface area contributed by atoms with Crippen LogP contribution in [0.3, 0.4) is 0 Å². The minimum atomic E-state index is -1.03. The summed E-state index contributed by atoms with van der Waals surface area (Å²) in [5, 5.41) is 18.5. The Morgan fingerprint density at radius 3 is 2.50 bits per heavy atom. The molecule has 2 N–H and O–H groups in total. The zero-order valence-electron chi connectivity index (χ0n) is 10.4. The van der Waals surface area contributed by atoms with E-state index in [1.807, 2.05) is 0 Å². The smallest absolute Gasteiger partial charge is 0.326 e. The summed E-state index contributed by atoms with van der Waals surface area (Å²) in [6.45, 7) is 2.89. The predicted octanol–water partition coefficient (Wildman–Crippen LogP) is -0.481. The predicted molar refractivity (Wildman–Crippen MR) is 64.1 cm³/mol. The molecule has 2 heterocycles. The molecule has 0 aromatic rings. The fourth-order valence-electron chi connectivity index (χ4n) is 2.73. The minimum Gasteiger partial charge on any atom is -0.480 e. The Hall–Kier alpha value is -1.14. The molecule has 2 fully saturated rings. The van der Waals surface area contributed by atoms with E-state index in [2.05, 4.69) is 4.90 Å². The third-order valence-corrected chi connectivity index (χ3v) is 3.72. The van der Waals surface area contributed by atoms with Gasteiger partial charge in [0.2, 0.25) is 5.91 Å². The van der Waals surface area contributed by atoms with Crippen molar-refractivity contribution in [3.8, 4) is 0 Å². The minimum absolute atomic E-state index is 0.144. The van der Waals surface area contributed by atoms with Crippen LogP contribution in [0.25, 0.3) is 0 Å². The molecule has 18 heavy (non-hydrogen) atoms. The van der Waals surface area contributed by atoms with Gasteiger partial charge >= 0.3 is 5.97 Å². The van der Waals surface area contributed by atoms with Gasteiger partial charge in [-0.3, -0.25) is 4.79 Å². The molecule has 0 aromatic carbocycles. The van der Waals surface area contributed by atoms with Gasteiger partial charge in [0, 0.05) is 25.9 Å². The van der Waals surface area contributed by atoms with Crippen molar-refractivity contribution < 1.29 is 19.8 Å². The summed E-state index contributed by atoms with van der Waals surface area (Å²) in [4.78, 5) is 26.5. The summed E-state index contributed by atoms with van der Waals surface area (Å²) < 4.78 is 0. The number of aliphatic carboxylic acids is 1. The fraction of sp³-hybridized carbons (Fsp3) is 0.833. The molecule has 2 aliphatic heterocycles. The highest BCUT2D eigenvalue weighted by atomic mass is 16.4. The van der Waals surface area contributed by atoms with Crippen molar-refractivity contribution in [3.63, 3.8) is 0 Å². The van der Waals surface area contributed by atoms with Crippen LogP contribution in [0.1, 0.15) is 25.7 Å². The molecule has 6 heteroatoms. The lowest BCUT2D eigenvalue weighted by atomic mass is 10.2. The molecule has 2 saturated heterocycles. The zero-order valence-corrected chi connectivity index (χ0v) is 10.4. The van der Waals surface area contributed by atoms with Crippen LogP contribution >= 0.6 is 0 Å². The quantitative estimate of drug-likeness (QED) is 0.710. The lowest BCUT2D eigenvalue weighted by Gasteiger charge is -2.22. The number of amides is 1. The Balaban J connectivity index is 1.85. The van der Waals surface area contributed by atoms with Crippen molar-refractivity contribution in [2.24, 2.45) is 0 Å². The van der Waals surface area contributed by atoms with Crippen LogP contribution in [0.2, 0.25) is 0 Å². The normalized spacial score (nSPS) is 28.8. The molecule has 0 aromatic heterocycles. The number of carbonyl (C=O) groups is 2. The summed E-state index contributed by atoms with van der Waals surface area (Å²) >= 11 is 0. The van der Waals surface area contributed by atoms with Gasteiger partial charge in [-0.25, -0.2) is 4.79 Å². The molecule has 0 bridgehead atoms. The third kappa shape index (κ3) is 3.00. The lowest BCUT2D eigenvalue weighted by Crippen LogP contribution is -2.41. The van der Waals surface area contributed by atoms with Gasteiger partial charge in [-0.15, -0.1) is 0 Å². The molecule has 0 saturated carbocycles. The molecule has 0 spiro atoms. The van der Waals surface area contributed by atoms with E-state index in [4.69, 9.17) is 5.11 Å². The number of hydrogen-bond acceptors (Lipinski definition) is 4. The van der Waals surface area contributed by atoms with Crippen molar-refractivity contribution in [1.29, 1.82) is 0 Å². The molecule has 2 rings (SSSR count). The van der Waals surface area contributed by atoms with E-state index < -0.39 is 18.1 Å². The molecule has 2 aliphatic rings. The van der Waals surface area contributed by atoms with Crippen molar-refractivity contribution in [3.05, 3.63) is 0 Å². The Bertz CT molecular complexity index is 328. The maximum absolute atomic E-state index is 12.0. The molecule has 0 unspecified atom stereocenters. The molecule has 0 radical (unpaired) electrons. The largest absolute Gasteiger partial charge is 0.480 e. The van der Waals surface area contributed by atoms with E-state index >= 15 is 0 Å². The second kappa shape index (κ2) is 5.67. The van der Waals surface area contributed by atoms with Crippen molar-refractivity contribution in [1.82, 2.24) is 9.80 Å². The number of rotatable bonds is 4. The molecule has 1 amide bonds. The first-order chi connectivity index (χ1) is 8.58. The molecular formula is C12H20N2O4. The van der Waals surface area contributed by atoms with Gasteiger partial charge in [0.1, 0.15) is 6.04 Å². The van der Waals surface area contributed by atoms with Gasteiger partial charge in [-0.2, -0.15) is 0 Å². The first kappa shape index (κ1) is 13.3. The van der Waals surface area contributed by atoms with Crippen LogP contribution in [0, 0.1) is 0 Å². The molecule has 0 aliphatic carbocycles.